The number of halogens is 1. The average Bonchev–Trinajstić information content (AvgIpc) is 3.40. The lowest BCUT2D eigenvalue weighted by atomic mass is 10.0. The largest absolute Gasteiger partial charge is 0.348 e. The summed E-state index contributed by atoms with van der Waals surface area (Å²) in [6.07, 6.45) is 5.39. The summed E-state index contributed by atoms with van der Waals surface area (Å²) in [6.45, 7) is 4.26. The van der Waals surface area contributed by atoms with E-state index in [4.69, 9.17) is 4.98 Å². The molecule has 26 heavy (non-hydrogen) atoms. The quantitative estimate of drug-likeness (QED) is 0.525. The van der Waals surface area contributed by atoms with Gasteiger partial charge in [-0.2, -0.15) is 5.26 Å². The first-order valence-corrected chi connectivity index (χ1v) is 10.1. The number of nitrogens with one attached hydrogen (secondary N) is 1. The Morgan fingerprint density at radius 1 is 1.35 bits per heavy atom. The van der Waals surface area contributed by atoms with E-state index in [0.29, 0.717) is 11.5 Å². The first kappa shape index (κ1) is 17.3. The summed E-state index contributed by atoms with van der Waals surface area (Å²) in [7, 11) is 1.96. The zero-order chi connectivity index (χ0) is 18.4. The van der Waals surface area contributed by atoms with Crippen molar-refractivity contribution in [1.82, 2.24) is 9.55 Å². The summed E-state index contributed by atoms with van der Waals surface area (Å²) in [5, 5.41) is 13.0. The van der Waals surface area contributed by atoms with Crippen LogP contribution in [0.5, 0.6) is 0 Å². The molecule has 2 heterocycles. The number of hydrogen-bond acceptors (Lipinski definition) is 3. The Bertz CT molecular complexity index is 1050. The van der Waals surface area contributed by atoms with Crippen molar-refractivity contribution in [3.05, 3.63) is 50.2 Å². The zero-order valence-electron chi connectivity index (χ0n) is 15.2. The zero-order valence-corrected chi connectivity index (χ0v) is 17.4. The molecule has 4 rings (SSSR count). The maximum atomic E-state index is 9.42. The van der Waals surface area contributed by atoms with Crippen LogP contribution < -0.4 is 5.32 Å². The molecule has 2 aromatic heterocycles. The number of benzene rings is 1. The van der Waals surface area contributed by atoms with Gasteiger partial charge in [-0.3, -0.25) is 0 Å². The SMILES string of the molecule is CCc1cc(Nc2cc(C)c3c(n2)c(C#N)cn3C)c(C2CC2)cc1I. The average molecular weight is 456 g/mol. The fourth-order valence-electron chi connectivity index (χ4n) is 3.65. The van der Waals surface area contributed by atoms with Crippen LogP contribution in [0.1, 0.15) is 47.9 Å². The highest BCUT2D eigenvalue weighted by atomic mass is 127. The van der Waals surface area contributed by atoms with Crippen molar-refractivity contribution < 1.29 is 0 Å². The molecule has 1 fully saturated rings. The lowest BCUT2D eigenvalue weighted by Crippen LogP contribution is -2.01. The topological polar surface area (TPSA) is 53.6 Å². The van der Waals surface area contributed by atoms with E-state index < -0.39 is 0 Å². The Kier molecular flexibility index (Phi) is 4.39. The number of nitrogens with zero attached hydrogens (tertiary/aromatic N) is 3. The Morgan fingerprint density at radius 3 is 2.77 bits per heavy atom. The second kappa shape index (κ2) is 6.58. The molecule has 0 aliphatic heterocycles. The predicted molar refractivity (Wildman–Crippen MR) is 114 cm³/mol. The molecule has 1 aliphatic rings. The van der Waals surface area contributed by atoms with Crippen molar-refractivity contribution in [2.75, 3.05) is 5.32 Å². The molecule has 1 saturated carbocycles. The number of rotatable bonds is 4. The molecule has 0 amide bonds. The summed E-state index contributed by atoms with van der Waals surface area (Å²) in [4.78, 5) is 4.77. The van der Waals surface area contributed by atoms with Gasteiger partial charge in [0.15, 0.2) is 0 Å². The third kappa shape index (κ3) is 2.96. The highest BCUT2D eigenvalue weighted by Gasteiger charge is 2.27. The van der Waals surface area contributed by atoms with E-state index in [2.05, 4.69) is 66.0 Å². The summed E-state index contributed by atoms with van der Waals surface area (Å²) in [5.41, 5.74) is 7.43. The van der Waals surface area contributed by atoms with Gasteiger partial charge in [0, 0.05) is 22.5 Å². The third-order valence-electron chi connectivity index (χ3n) is 5.11. The number of aryl methyl sites for hydroxylation is 3. The molecule has 132 valence electrons. The van der Waals surface area contributed by atoms with Crippen molar-refractivity contribution >= 4 is 45.1 Å². The number of fused-ring (bicyclic) bond motifs is 1. The highest BCUT2D eigenvalue weighted by molar-refractivity contribution is 14.1. The van der Waals surface area contributed by atoms with Crippen molar-refractivity contribution in [2.45, 2.75) is 39.0 Å². The number of anilines is 2. The number of pyridine rings is 1. The minimum Gasteiger partial charge on any atom is -0.348 e. The van der Waals surface area contributed by atoms with Crippen LogP contribution in [-0.4, -0.2) is 9.55 Å². The summed E-state index contributed by atoms with van der Waals surface area (Å²) < 4.78 is 3.32. The molecule has 0 unspecified atom stereocenters. The first-order chi connectivity index (χ1) is 12.5. The van der Waals surface area contributed by atoms with Crippen LogP contribution in [0.3, 0.4) is 0 Å². The third-order valence-corrected chi connectivity index (χ3v) is 6.12. The standard InChI is InChI=1S/C21H21IN4/c1-4-13-8-18(16(9-17(13)22)14-5-6-14)24-19-7-12(2)21-20(25-19)15(10-23)11-26(21)3/h7-9,11,14H,4-6H2,1-3H3,(H,24,25). The maximum Gasteiger partial charge on any atom is 0.131 e. The van der Waals surface area contributed by atoms with Crippen molar-refractivity contribution in [1.29, 1.82) is 5.26 Å². The minimum absolute atomic E-state index is 0.619. The van der Waals surface area contributed by atoms with Gasteiger partial charge in [0.25, 0.3) is 0 Å². The van der Waals surface area contributed by atoms with E-state index in [1.165, 1.54) is 27.5 Å². The number of nitriles is 1. The minimum atomic E-state index is 0.619. The van der Waals surface area contributed by atoms with Crippen LogP contribution in [0.15, 0.2) is 24.4 Å². The van der Waals surface area contributed by atoms with Crippen LogP contribution in [0, 0.1) is 21.8 Å². The molecule has 1 aromatic carbocycles. The smallest absolute Gasteiger partial charge is 0.131 e. The highest BCUT2D eigenvalue weighted by Crippen LogP contribution is 2.45. The Hall–Kier alpha value is -2.07. The second-order valence-corrected chi connectivity index (χ2v) is 8.23. The van der Waals surface area contributed by atoms with Gasteiger partial charge in [-0.05, 0) is 89.6 Å². The second-order valence-electron chi connectivity index (χ2n) is 7.07. The monoisotopic (exact) mass is 456 g/mol. The van der Waals surface area contributed by atoms with Crippen LogP contribution in [0.4, 0.5) is 11.5 Å². The Balaban J connectivity index is 1.82. The molecule has 0 spiro atoms. The van der Waals surface area contributed by atoms with E-state index >= 15 is 0 Å². The Labute approximate surface area is 167 Å². The normalized spacial score (nSPS) is 13.8. The van der Waals surface area contributed by atoms with Crippen molar-refractivity contribution in [3.8, 4) is 6.07 Å². The summed E-state index contributed by atoms with van der Waals surface area (Å²) >= 11 is 2.44. The summed E-state index contributed by atoms with van der Waals surface area (Å²) in [5.74, 6) is 1.47. The van der Waals surface area contributed by atoms with Gasteiger partial charge in [0.05, 0.1) is 11.1 Å². The van der Waals surface area contributed by atoms with E-state index in [-0.39, 0.29) is 0 Å². The predicted octanol–water partition coefficient (Wildman–Crippen LogP) is 5.54. The van der Waals surface area contributed by atoms with Crippen LogP contribution in [0.25, 0.3) is 11.0 Å². The van der Waals surface area contributed by atoms with Crippen LogP contribution >= 0.6 is 22.6 Å². The fourth-order valence-corrected chi connectivity index (χ4v) is 4.52. The molecular weight excluding hydrogens is 435 g/mol. The van der Waals surface area contributed by atoms with Gasteiger partial charge in [0.2, 0.25) is 0 Å². The van der Waals surface area contributed by atoms with Gasteiger partial charge in [-0.15, -0.1) is 0 Å². The molecular formula is C21H21IN4. The first-order valence-electron chi connectivity index (χ1n) is 8.98. The van der Waals surface area contributed by atoms with Crippen molar-refractivity contribution in [3.63, 3.8) is 0 Å². The lowest BCUT2D eigenvalue weighted by molar-refractivity contribution is 0.961. The van der Waals surface area contributed by atoms with Gasteiger partial charge < -0.3 is 9.88 Å². The molecule has 3 aromatic rings. The molecule has 1 N–H and O–H groups in total. The van der Waals surface area contributed by atoms with Crippen molar-refractivity contribution in [2.24, 2.45) is 7.05 Å². The fraction of sp³-hybridized carbons (Fsp3) is 0.333. The van der Waals surface area contributed by atoms with E-state index in [9.17, 15) is 5.26 Å². The van der Waals surface area contributed by atoms with Gasteiger partial charge in [-0.25, -0.2) is 4.98 Å². The van der Waals surface area contributed by atoms with Crippen LogP contribution in [0.2, 0.25) is 0 Å². The molecule has 1 aliphatic carbocycles. The number of aromatic nitrogens is 2. The van der Waals surface area contributed by atoms with Gasteiger partial charge >= 0.3 is 0 Å². The molecule has 0 saturated heterocycles. The van der Waals surface area contributed by atoms with Gasteiger partial charge in [0.1, 0.15) is 17.4 Å². The Morgan fingerprint density at radius 2 is 2.12 bits per heavy atom. The number of hydrogen-bond donors (Lipinski definition) is 1. The molecule has 0 radical (unpaired) electrons. The molecule has 0 bridgehead atoms. The summed E-state index contributed by atoms with van der Waals surface area (Å²) in [6, 6.07) is 8.93. The molecule has 5 heteroatoms. The van der Waals surface area contributed by atoms with E-state index in [0.717, 1.165) is 34.5 Å². The lowest BCUT2D eigenvalue weighted by Gasteiger charge is -2.15. The van der Waals surface area contributed by atoms with E-state index in [1.807, 2.05) is 17.8 Å². The van der Waals surface area contributed by atoms with E-state index in [1.54, 1.807) is 0 Å². The molecule has 4 nitrogen and oxygen atoms in total. The maximum absolute atomic E-state index is 9.42. The molecule has 0 atom stereocenters. The van der Waals surface area contributed by atoms with Crippen LogP contribution in [-0.2, 0) is 13.5 Å². The van der Waals surface area contributed by atoms with Gasteiger partial charge in [-0.1, -0.05) is 6.92 Å².